The van der Waals surface area contributed by atoms with E-state index in [1.165, 1.54) is 0 Å². The number of hydrogen-bond acceptors (Lipinski definition) is 4. The van der Waals surface area contributed by atoms with Crippen LogP contribution in [0.1, 0.15) is 12.5 Å². The van der Waals surface area contributed by atoms with Crippen molar-refractivity contribution >= 4 is 5.91 Å². The molecule has 0 saturated carbocycles. The fraction of sp³-hybridized carbons (Fsp3) is 0.562. The Bertz CT molecular complexity index is 432. The van der Waals surface area contributed by atoms with Gasteiger partial charge < -0.3 is 15.3 Å². The lowest BCUT2D eigenvalue weighted by atomic mass is 10.1. The molecular weight excluding hydrogens is 266 g/mol. The zero-order valence-electron chi connectivity index (χ0n) is 12.7. The molecule has 2 rings (SSSR count). The molecule has 5 nitrogen and oxygen atoms in total. The number of aliphatic hydroxyl groups is 1. The lowest BCUT2D eigenvalue weighted by molar-refractivity contribution is -0.137. The normalized spacial score (nSPS) is 17.4. The Hall–Kier alpha value is -1.43. The minimum Gasteiger partial charge on any atom is -0.395 e. The first kappa shape index (κ1) is 15.9. The summed E-state index contributed by atoms with van der Waals surface area (Å²) in [5, 5.41) is 12.5. The summed E-state index contributed by atoms with van der Waals surface area (Å²) in [6, 6.07) is 9.78. The number of nitrogens with zero attached hydrogens (tertiary/aromatic N) is 2. The van der Waals surface area contributed by atoms with Crippen LogP contribution in [0.5, 0.6) is 0 Å². The van der Waals surface area contributed by atoms with Crippen molar-refractivity contribution in [3.05, 3.63) is 35.9 Å². The van der Waals surface area contributed by atoms with E-state index in [0.29, 0.717) is 13.1 Å². The minimum atomic E-state index is -0.137. The number of rotatable bonds is 6. The van der Waals surface area contributed by atoms with Gasteiger partial charge in [-0.2, -0.15) is 0 Å². The molecule has 0 aromatic heterocycles. The quantitative estimate of drug-likeness (QED) is 0.791. The van der Waals surface area contributed by atoms with Crippen molar-refractivity contribution in [2.75, 3.05) is 39.3 Å². The standard InChI is InChI=1S/C16H25N3O2/c1-14(18-9-7-17-8-10-18)16(21)19(11-12-20)13-15-5-3-2-4-6-15/h2-6,14,17,20H,7-13H2,1H3. The van der Waals surface area contributed by atoms with Crippen LogP contribution in [0.15, 0.2) is 30.3 Å². The van der Waals surface area contributed by atoms with Crippen LogP contribution in [-0.2, 0) is 11.3 Å². The van der Waals surface area contributed by atoms with Gasteiger partial charge in [-0.1, -0.05) is 30.3 Å². The number of aliphatic hydroxyl groups excluding tert-OH is 1. The van der Waals surface area contributed by atoms with Crippen LogP contribution in [0, 0.1) is 0 Å². The third-order valence-electron chi connectivity index (χ3n) is 3.95. The van der Waals surface area contributed by atoms with Gasteiger partial charge in [0.15, 0.2) is 0 Å². The molecule has 0 bridgehead atoms. The molecule has 1 amide bonds. The zero-order chi connectivity index (χ0) is 15.1. The van der Waals surface area contributed by atoms with E-state index in [2.05, 4.69) is 10.2 Å². The van der Waals surface area contributed by atoms with Gasteiger partial charge in [-0.3, -0.25) is 9.69 Å². The number of carbonyl (C=O) groups is 1. The topological polar surface area (TPSA) is 55.8 Å². The fourth-order valence-electron chi connectivity index (χ4n) is 2.68. The molecule has 1 aromatic rings. The van der Waals surface area contributed by atoms with Crippen molar-refractivity contribution in [3.63, 3.8) is 0 Å². The summed E-state index contributed by atoms with van der Waals surface area (Å²) in [7, 11) is 0. The van der Waals surface area contributed by atoms with Crippen LogP contribution in [0.4, 0.5) is 0 Å². The highest BCUT2D eigenvalue weighted by molar-refractivity contribution is 5.81. The molecule has 116 valence electrons. The Balaban J connectivity index is 2.00. The van der Waals surface area contributed by atoms with Gasteiger partial charge in [0.25, 0.3) is 0 Å². The summed E-state index contributed by atoms with van der Waals surface area (Å²) < 4.78 is 0. The van der Waals surface area contributed by atoms with Crippen LogP contribution < -0.4 is 5.32 Å². The summed E-state index contributed by atoms with van der Waals surface area (Å²) in [6.07, 6.45) is 0. The number of piperazine rings is 1. The van der Waals surface area contributed by atoms with Gasteiger partial charge in [-0.15, -0.1) is 0 Å². The minimum absolute atomic E-state index is 0.00709. The van der Waals surface area contributed by atoms with Crippen molar-refractivity contribution in [1.29, 1.82) is 0 Å². The maximum absolute atomic E-state index is 12.7. The molecule has 1 aromatic carbocycles. The summed E-state index contributed by atoms with van der Waals surface area (Å²) >= 11 is 0. The van der Waals surface area contributed by atoms with Crippen molar-refractivity contribution in [1.82, 2.24) is 15.1 Å². The summed E-state index contributed by atoms with van der Waals surface area (Å²) in [4.78, 5) is 16.6. The Morgan fingerprint density at radius 3 is 2.62 bits per heavy atom. The largest absolute Gasteiger partial charge is 0.395 e. The first-order valence-corrected chi connectivity index (χ1v) is 7.60. The second-order valence-electron chi connectivity index (χ2n) is 5.43. The third-order valence-corrected chi connectivity index (χ3v) is 3.95. The molecule has 1 aliphatic rings. The molecule has 2 N–H and O–H groups in total. The molecule has 1 heterocycles. The number of benzene rings is 1. The molecule has 0 radical (unpaired) electrons. The summed E-state index contributed by atoms with van der Waals surface area (Å²) in [6.45, 7) is 6.53. The molecule has 21 heavy (non-hydrogen) atoms. The monoisotopic (exact) mass is 291 g/mol. The smallest absolute Gasteiger partial charge is 0.240 e. The van der Waals surface area contributed by atoms with Gasteiger partial charge in [0.05, 0.1) is 12.6 Å². The van der Waals surface area contributed by atoms with Gasteiger partial charge in [-0.25, -0.2) is 0 Å². The van der Waals surface area contributed by atoms with E-state index in [-0.39, 0.29) is 18.6 Å². The van der Waals surface area contributed by atoms with E-state index in [9.17, 15) is 9.90 Å². The van der Waals surface area contributed by atoms with Crippen LogP contribution >= 0.6 is 0 Å². The van der Waals surface area contributed by atoms with Gasteiger partial charge in [-0.05, 0) is 12.5 Å². The molecular formula is C16H25N3O2. The predicted molar refractivity (Wildman–Crippen MR) is 82.8 cm³/mol. The predicted octanol–water partition coefficient (Wildman–Crippen LogP) is 0.301. The Morgan fingerprint density at radius 1 is 1.33 bits per heavy atom. The fourth-order valence-corrected chi connectivity index (χ4v) is 2.68. The second-order valence-corrected chi connectivity index (χ2v) is 5.43. The molecule has 0 aliphatic carbocycles. The molecule has 1 atom stereocenters. The molecule has 1 saturated heterocycles. The Morgan fingerprint density at radius 2 is 2.00 bits per heavy atom. The summed E-state index contributed by atoms with van der Waals surface area (Å²) in [5.74, 6) is 0.0924. The molecule has 1 fully saturated rings. The molecule has 5 heteroatoms. The average Bonchev–Trinajstić information content (AvgIpc) is 2.55. The number of carbonyl (C=O) groups excluding carboxylic acids is 1. The van der Waals surface area contributed by atoms with Crippen molar-refractivity contribution in [2.45, 2.75) is 19.5 Å². The first-order valence-electron chi connectivity index (χ1n) is 7.60. The maximum atomic E-state index is 12.7. The van der Waals surface area contributed by atoms with Crippen molar-refractivity contribution in [2.24, 2.45) is 0 Å². The maximum Gasteiger partial charge on any atom is 0.240 e. The number of amides is 1. The number of nitrogens with one attached hydrogen (secondary N) is 1. The Kier molecular flexibility index (Phi) is 6.17. The highest BCUT2D eigenvalue weighted by Crippen LogP contribution is 2.10. The van der Waals surface area contributed by atoms with Crippen LogP contribution in [0.3, 0.4) is 0 Å². The Labute approximate surface area is 126 Å². The van der Waals surface area contributed by atoms with E-state index in [0.717, 1.165) is 31.7 Å². The van der Waals surface area contributed by atoms with Crippen molar-refractivity contribution < 1.29 is 9.90 Å². The van der Waals surface area contributed by atoms with E-state index in [4.69, 9.17) is 0 Å². The van der Waals surface area contributed by atoms with E-state index >= 15 is 0 Å². The van der Waals surface area contributed by atoms with E-state index < -0.39 is 0 Å². The lowest BCUT2D eigenvalue weighted by Gasteiger charge is -2.35. The van der Waals surface area contributed by atoms with Crippen LogP contribution in [-0.4, -0.2) is 66.2 Å². The highest BCUT2D eigenvalue weighted by atomic mass is 16.3. The van der Waals surface area contributed by atoms with Gasteiger partial charge in [0, 0.05) is 39.3 Å². The molecule has 0 spiro atoms. The first-order chi connectivity index (χ1) is 10.2. The lowest BCUT2D eigenvalue weighted by Crippen LogP contribution is -2.53. The molecule has 1 aliphatic heterocycles. The van der Waals surface area contributed by atoms with Crippen molar-refractivity contribution in [3.8, 4) is 0 Å². The van der Waals surface area contributed by atoms with Crippen LogP contribution in [0.2, 0.25) is 0 Å². The highest BCUT2D eigenvalue weighted by Gasteiger charge is 2.26. The third kappa shape index (κ3) is 4.52. The second kappa shape index (κ2) is 8.12. The molecule has 1 unspecified atom stereocenters. The van der Waals surface area contributed by atoms with Gasteiger partial charge in [0.1, 0.15) is 0 Å². The van der Waals surface area contributed by atoms with Crippen LogP contribution in [0.25, 0.3) is 0 Å². The summed E-state index contributed by atoms with van der Waals surface area (Å²) in [5.41, 5.74) is 1.09. The zero-order valence-corrected chi connectivity index (χ0v) is 12.7. The van der Waals surface area contributed by atoms with E-state index in [1.807, 2.05) is 37.3 Å². The average molecular weight is 291 g/mol. The van der Waals surface area contributed by atoms with Gasteiger partial charge >= 0.3 is 0 Å². The number of hydrogen-bond donors (Lipinski definition) is 2. The SMILES string of the molecule is CC(C(=O)N(CCO)Cc1ccccc1)N1CCNCC1. The van der Waals surface area contributed by atoms with Gasteiger partial charge in [0.2, 0.25) is 5.91 Å². The van der Waals surface area contributed by atoms with E-state index in [1.54, 1.807) is 4.90 Å².